The molecule has 3 aromatic carbocycles. The summed E-state index contributed by atoms with van der Waals surface area (Å²) >= 11 is 2.03. The molecule has 2 aliphatic rings. The summed E-state index contributed by atoms with van der Waals surface area (Å²) in [6.45, 7) is 8.13. The number of amides is 1. The fraction of sp³-hybridized carbons (Fsp3) is 0.300. The van der Waals surface area contributed by atoms with E-state index in [0.29, 0.717) is 30.3 Å². The van der Waals surface area contributed by atoms with Crippen LogP contribution in [-0.4, -0.2) is 48.6 Å². The van der Waals surface area contributed by atoms with E-state index in [0.717, 1.165) is 47.8 Å². The smallest absolute Gasteiger partial charge is 0.258 e. The Morgan fingerprint density at radius 3 is 2.30 bits per heavy atom. The first-order valence-electron chi connectivity index (χ1n) is 12.9. The molecule has 7 heteroatoms. The maximum atomic E-state index is 13.4. The van der Waals surface area contributed by atoms with Gasteiger partial charge in [-0.15, -0.1) is 0 Å². The molecule has 192 valence electrons. The average molecular weight is 516 g/mol. The number of thioether (sulfide) groups is 1. The van der Waals surface area contributed by atoms with Gasteiger partial charge in [0.05, 0.1) is 30.2 Å². The van der Waals surface area contributed by atoms with Gasteiger partial charge >= 0.3 is 0 Å². The highest BCUT2D eigenvalue weighted by Crippen LogP contribution is 2.43. The number of ether oxygens (including phenoxy) is 2. The summed E-state index contributed by atoms with van der Waals surface area (Å²) in [6, 6.07) is 22.2. The van der Waals surface area contributed by atoms with Gasteiger partial charge in [0.2, 0.25) is 0 Å². The van der Waals surface area contributed by atoms with Crippen LogP contribution in [-0.2, 0) is 11.3 Å². The molecule has 1 amide bonds. The molecule has 0 saturated carbocycles. The molecule has 2 aliphatic heterocycles. The van der Waals surface area contributed by atoms with Crippen molar-refractivity contribution < 1.29 is 14.3 Å². The highest BCUT2D eigenvalue weighted by molar-refractivity contribution is 7.99. The van der Waals surface area contributed by atoms with E-state index in [1.165, 1.54) is 17.1 Å². The number of carbonyl (C=O) groups excluding carboxylic acids is 1. The van der Waals surface area contributed by atoms with Crippen LogP contribution in [0.25, 0.3) is 11.3 Å². The third-order valence-corrected chi connectivity index (χ3v) is 7.42. The van der Waals surface area contributed by atoms with E-state index in [9.17, 15) is 4.79 Å². The molecule has 37 heavy (non-hydrogen) atoms. The molecule has 0 spiro atoms. The van der Waals surface area contributed by atoms with Gasteiger partial charge < -0.3 is 20.1 Å². The summed E-state index contributed by atoms with van der Waals surface area (Å²) in [4.78, 5) is 15.9. The lowest BCUT2D eigenvalue weighted by Crippen LogP contribution is -2.31. The molecule has 1 saturated heterocycles. The lowest BCUT2D eigenvalue weighted by Gasteiger charge is -2.26. The predicted octanol–water partition coefficient (Wildman–Crippen LogP) is 5.97. The van der Waals surface area contributed by atoms with E-state index in [4.69, 9.17) is 9.47 Å². The monoisotopic (exact) mass is 515 g/mol. The highest BCUT2D eigenvalue weighted by Gasteiger charge is 2.30. The molecule has 0 atom stereocenters. The topological polar surface area (TPSA) is 62.8 Å². The molecule has 0 aromatic heterocycles. The molecule has 0 radical (unpaired) electrons. The van der Waals surface area contributed by atoms with E-state index in [1.54, 1.807) is 0 Å². The minimum Gasteiger partial charge on any atom is -0.490 e. The Morgan fingerprint density at radius 2 is 1.62 bits per heavy atom. The second kappa shape index (κ2) is 11.8. The van der Waals surface area contributed by atoms with Crippen LogP contribution in [0.4, 0.5) is 11.4 Å². The normalized spacial score (nSPS) is 16.6. The second-order valence-corrected chi connectivity index (χ2v) is 10.2. The molecule has 5 rings (SSSR count). The first-order valence-corrected chi connectivity index (χ1v) is 14.0. The quantitative estimate of drug-likeness (QED) is 0.343. The van der Waals surface area contributed by atoms with Crippen LogP contribution in [0.2, 0.25) is 0 Å². The number of hydrogen-bond acceptors (Lipinski definition) is 6. The molecule has 2 heterocycles. The number of rotatable bonds is 9. The Labute approximate surface area is 223 Å². The molecular formula is C30H33N3O3S. The maximum absolute atomic E-state index is 13.4. The van der Waals surface area contributed by atoms with E-state index in [1.807, 2.05) is 68.1 Å². The summed E-state index contributed by atoms with van der Waals surface area (Å²) < 4.78 is 11.6. The van der Waals surface area contributed by atoms with Gasteiger partial charge in [-0.2, -0.15) is 11.8 Å². The van der Waals surface area contributed by atoms with Crippen LogP contribution < -0.4 is 20.1 Å². The van der Waals surface area contributed by atoms with Gasteiger partial charge in [0.25, 0.3) is 5.91 Å². The average Bonchev–Trinajstić information content (AvgIpc) is 3.24. The van der Waals surface area contributed by atoms with Crippen molar-refractivity contribution in [1.82, 2.24) is 4.90 Å². The zero-order chi connectivity index (χ0) is 25.6. The summed E-state index contributed by atoms with van der Waals surface area (Å²) in [5.74, 6) is 3.51. The molecule has 3 aromatic rings. The lowest BCUT2D eigenvalue weighted by molar-refractivity contribution is -0.110. The second-order valence-electron chi connectivity index (χ2n) is 8.99. The van der Waals surface area contributed by atoms with E-state index in [2.05, 4.69) is 39.8 Å². The van der Waals surface area contributed by atoms with Gasteiger partial charge in [-0.25, -0.2) is 0 Å². The molecule has 6 nitrogen and oxygen atoms in total. The van der Waals surface area contributed by atoms with Crippen LogP contribution in [0.5, 0.6) is 11.5 Å². The zero-order valence-electron chi connectivity index (χ0n) is 21.4. The number of nitrogens with zero attached hydrogens (tertiary/aromatic N) is 1. The van der Waals surface area contributed by atoms with Crippen molar-refractivity contribution in [3.05, 3.63) is 83.4 Å². The summed E-state index contributed by atoms with van der Waals surface area (Å²) in [5.41, 5.74) is 6.01. The summed E-state index contributed by atoms with van der Waals surface area (Å²) in [6.07, 6.45) is 0. The van der Waals surface area contributed by atoms with Gasteiger partial charge in [-0.3, -0.25) is 9.69 Å². The maximum Gasteiger partial charge on any atom is 0.258 e. The third kappa shape index (κ3) is 5.78. The van der Waals surface area contributed by atoms with E-state index < -0.39 is 0 Å². The highest BCUT2D eigenvalue weighted by atomic mass is 32.2. The van der Waals surface area contributed by atoms with Crippen LogP contribution in [0.3, 0.4) is 0 Å². The molecule has 2 N–H and O–H groups in total. The van der Waals surface area contributed by atoms with Crippen LogP contribution in [0.15, 0.2) is 66.7 Å². The zero-order valence-corrected chi connectivity index (χ0v) is 22.2. The Hall–Kier alpha value is -3.42. The van der Waals surface area contributed by atoms with Crippen molar-refractivity contribution in [2.75, 3.05) is 48.4 Å². The Kier molecular flexibility index (Phi) is 8.02. The Balaban J connectivity index is 1.51. The van der Waals surface area contributed by atoms with E-state index >= 15 is 0 Å². The minimum atomic E-state index is -0.156. The molecule has 0 aliphatic carbocycles. The van der Waals surface area contributed by atoms with Gasteiger partial charge in [-0.1, -0.05) is 42.5 Å². The predicted molar refractivity (Wildman–Crippen MR) is 153 cm³/mol. The van der Waals surface area contributed by atoms with Gasteiger partial charge in [-0.05, 0) is 43.2 Å². The summed E-state index contributed by atoms with van der Waals surface area (Å²) in [5, 5.41) is 6.59. The van der Waals surface area contributed by atoms with Crippen LogP contribution in [0, 0.1) is 0 Å². The number of carbonyl (C=O) groups is 1. The van der Waals surface area contributed by atoms with Crippen LogP contribution >= 0.6 is 11.8 Å². The van der Waals surface area contributed by atoms with Gasteiger partial charge in [0.15, 0.2) is 11.5 Å². The fourth-order valence-electron chi connectivity index (χ4n) is 4.70. The first-order chi connectivity index (χ1) is 18.2. The largest absolute Gasteiger partial charge is 0.490 e. The van der Waals surface area contributed by atoms with Crippen molar-refractivity contribution >= 4 is 40.3 Å². The van der Waals surface area contributed by atoms with Crippen molar-refractivity contribution in [2.24, 2.45) is 0 Å². The fourth-order valence-corrected chi connectivity index (χ4v) is 5.68. The number of nitrogens with one attached hydrogen (secondary N) is 2. The van der Waals surface area contributed by atoms with Crippen molar-refractivity contribution in [3.63, 3.8) is 0 Å². The number of anilines is 2. The standard InChI is InChI=1S/C30H33N3O3S/c1-3-35-26-18-24-25(19-27(26)36-4-2)32-30(34)28(24)29(22-8-6-5-7-9-22)31-23-12-10-21(11-13-23)20-33-14-16-37-17-15-33/h5-13,18-19,31H,3-4,14-17,20H2,1-2H3,(H,32,34). The third-order valence-electron chi connectivity index (χ3n) is 6.47. The first kappa shape index (κ1) is 25.2. The van der Waals surface area contributed by atoms with E-state index in [-0.39, 0.29) is 5.91 Å². The van der Waals surface area contributed by atoms with Gasteiger partial charge in [0, 0.05) is 48.5 Å². The summed E-state index contributed by atoms with van der Waals surface area (Å²) in [7, 11) is 0. The Morgan fingerprint density at radius 1 is 0.946 bits per heavy atom. The molecule has 0 bridgehead atoms. The van der Waals surface area contributed by atoms with Crippen molar-refractivity contribution in [2.45, 2.75) is 20.4 Å². The van der Waals surface area contributed by atoms with Crippen molar-refractivity contribution in [3.8, 4) is 11.5 Å². The van der Waals surface area contributed by atoms with Crippen molar-refractivity contribution in [1.29, 1.82) is 0 Å². The molecular weight excluding hydrogens is 482 g/mol. The minimum absolute atomic E-state index is 0.156. The Bertz CT molecular complexity index is 1270. The molecule has 0 unspecified atom stereocenters. The SMILES string of the molecule is CCOc1cc2c(cc1OCC)C(=C(Nc1ccc(CN3CCSCC3)cc1)c1ccccc1)C(=O)N2. The number of benzene rings is 3. The number of hydrogen-bond donors (Lipinski definition) is 2. The number of fused-ring (bicyclic) bond motifs is 1. The lowest BCUT2D eigenvalue weighted by atomic mass is 9.99. The van der Waals surface area contributed by atoms with Gasteiger partial charge in [0.1, 0.15) is 0 Å². The van der Waals surface area contributed by atoms with Crippen LogP contribution in [0.1, 0.15) is 30.5 Å². The molecule has 1 fully saturated rings.